The SMILES string of the molecule is CCC[CH2][Sn]([CH2]CCC)([S]CCC[Si](C)(PC[Si](C)(C)O)PC[Si](C)(C)O)[S]CC[Si](C)(OC)OC. The molecule has 0 aliphatic carbocycles. The van der Waals surface area contributed by atoms with E-state index >= 15 is 0 Å². The van der Waals surface area contributed by atoms with E-state index in [1.165, 1.54) is 58.5 Å². The minimum atomic E-state index is -2.36. The maximum atomic E-state index is 10.5. The van der Waals surface area contributed by atoms with E-state index < -0.39 is 48.2 Å². The Morgan fingerprint density at radius 3 is 1.53 bits per heavy atom. The molecule has 218 valence electrons. The van der Waals surface area contributed by atoms with Gasteiger partial charge >= 0.3 is 244 Å². The van der Waals surface area contributed by atoms with Crippen LogP contribution < -0.4 is 0 Å². The van der Waals surface area contributed by atoms with Crippen molar-refractivity contribution in [2.24, 2.45) is 0 Å². The van der Waals surface area contributed by atoms with E-state index in [-0.39, 0.29) is 0 Å². The zero-order valence-electron chi connectivity index (χ0n) is 25.2. The standard InChI is InChI=1S/C10H30O2P2SSi3.C5H14O2SSi.2C4H9.Sn/c1-16(2,11)9-13-18(5,8-6-7-15)14-10-17(3,4)12;1-6-9(3,7-2)5-4-8;2*1-3-4-2;/h11-15H,6-10H2,1-5H3;8H,4-5H2,1-3H3;2*1,3-4H2,2H3;/q;;;;+2/p-2. The van der Waals surface area contributed by atoms with Crippen molar-refractivity contribution in [3.8, 4) is 0 Å². The summed E-state index contributed by atoms with van der Waals surface area (Å²) >= 11 is -2.36. The first-order valence-electron chi connectivity index (χ1n) is 13.9. The van der Waals surface area contributed by atoms with Gasteiger partial charge in [-0.2, -0.15) is 0 Å². The first-order chi connectivity index (χ1) is 16.6. The van der Waals surface area contributed by atoms with E-state index in [4.69, 9.17) is 8.85 Å². The van der Waals surface area contributed by atoms with Gasteiger partial charge in [-0.25, -0.2) is 0 Å². The first kappa shape index (κ1) is 39.1. The summed E-state index contributed by atoms with van der Waals surface area (Å²) in [5.74, 6) is 4.67. The van der Waals surface area contributed by atoms with Crippen LogP contribution in [0.1, 0.15) is 46.0 Å². The normalized spacial score (nSPS) is 16.0. The number of unbranched alkanes of at least 4 members (excludes halogenated alkanes) is 2. The third-order valence-corrected chi connectivity index (χ3v) is 64.7. The Morgan fingerprint density at radius 1 is 0.694 bits per heavy atom. The fourth-order valence-electron chi connectivity index (χ4n) is 3.80. The molecule has 36 heavy (non-hydrogen) atoms. The van der Waals surface area contributed by atoms with E-state index in [0.29, 0.717) is 0 Å². The third-order valence-electron chi connectivity index (χ3n) is 6.62. The van der Waals surface area contributed by atoms with E-state index in [1.807, 2.05) is 14.2 Å². The van der Waals surface area contributed by atoms with E-state index in [9.17, 15) is 9.59 Å². The van der Waals surface area contributed by atoms with Gasteiger partial charge < -0.3 is 0 Å². The Bertz CT molecular complexity index is 557. The molecule has 0 spiro atoms. The molecular formula is C23H60O4P2S2Si4Sn. The molecule has 0 heterocycles. The van der Waals surface area contributed by atoms with Gasteiger partial charge in [0.1, 0.15) is 0 Å². The zero-order chi connectivity index (χ0) is 27.9. The van der Waals surface area contributed by atoms with Gasteiger partial charge in [0.25, 0.3) is 0 Å². The molecule has 0 bridgehead atoms. The second-order valence-electron chi connectivity index (χ2n) is 11.9. The fourth-order valence-corrected chi connectivity index (χ4v) is 70.0. The Labute approximate surface area is 242 Å². The Hall–Kier alpha value is 3.07. The average molecular weight is 758 g/mol. The Morgan fingerprint density at radius 2 is 1.14 bits per heavy atom. The van der Waals surface area contributed by atoms with E-state index in [1.54, 1.807) is 0 Å². The van der Waals surface area contributed by atoms with Crippen LogP contribution in [0.4, 0.5) is 0 Å². The third kappa shape index (κ3) is 19.2. The van der Waals surface area contributed by atoms with Crippen molar-refractivity contribution < 1.29 is 18.4 Å². The predicted octanol–water partition coefficient (Wildman–Crippen LogP) is 8.15. The molecule has 4 nitrogen and oxygen atoms in total. The molecule has 0 fully saturated rings. The molecule has 2 unspecified atom stereocenters. The van der Waals surface area contributed by atoms with Gasteiger partial charge in [0.05, 0.1) is 0 Å². The van der Waals surface area contributed by atoms with Gasteiger partial charge in [-0.3, -0.25) is 0 Å². The van der Waals surface area contributed by atoms with Gasteiger partial charge in [-0.15, -0.1) is 0 Å². The van der Waals surface area contributed by atoms with Crippen LogP contribution in [0.15, 0.2) is 0 Å². The summed E-state index contributed by atoms with van der Waals surface area (Å²) in [5, 5.41) is 0. The second-order valence-corrected chi connectivity index (χ2v) is 66.3. The fraction of sp³-hybridized carbons (Fsp3) is 1.00. The van der Waals surface area contributed by atoms with E-state index in [2.05, 4.69) is 71.0 Å². The maximum absolute atomic E-state index is 10.5. The van der Waals surface area contributed by atoms with Crippen LogP contribution in [0, 0.1) is 0 Å². The predicted molar refractivity (Wildman–Crippen MR) is 187 cm³/mol. The van der Waals surface area contributed by atoms with Crippen molar-refractivity contribution in [3.63, 3.8) is 0 Å². The summed E-state index contributed by atoms with van der Waals surface area (Å²) in [6, 6.07) is 2.48. The molecule has 0 aliphatic heterocycles. The van der Waals surface area contributed by atoms with Crippen LogP contribution in [-0.4, -0.2) is 95.1 Å². The van der Waals surface area contributed by atoms with Crippen LogP contribution in [0.25, 0.3) is 0 Å². The molecule has 0 radical (unpaired) electrons. The molecule has 0 aromatic heterocycles. The monoisotopic (exact) mass is 758 g/mol. The Balaban J connectivity index is 5.29. The summed E-state index contributed by atoms with van der Waals surface area (Å²) in [6.45, 7) is 17.9. The summed E-state index contributed by atoms with van der Waals surface area (Å²) in [6.07, 6.45) is 6.75. The van der Waals surface area contributed by atoms with Crippen molar-refractivity contribution in [3.05, 3.63) is 0 Å². The number of hydrogen-bond donors (Lipinski definition) is 2. The molecule has 2 N–H and O–H groups in total. The number of hydrogen-bond acceptors (Lipinski definition) is 6. The molecule has 0 saturated heterocycles. The average Bonchev–Trinajstić information content (AvgIpc) is 2.80. The van der Waals surface area contributed by atoms with Crippen LogP contribution in [-0.2, 0) is 8.85 Å². The molecule has 0 amide bonds. The molecule has 0 aliphatic rings. The van der Waals surface area contributed by atoms with Gasteiger partial charge in [-0.05, 0) is 0 Å². The summed E-state index contributed by atoms with van der Waals surface area (Å²) in [7, 11) is 3.02. The zero-order valence-corrected chi connectivity index (χ0v) is 35.7. The molecule has 2 atom stereocenters. The van der Waals surface area contributed by atoms with Crippen LogP contribution in [0.2, 0.25) is 60.2 Å². The van der Waals surface area contributed by atoms with Gasteiger partial charge in [0.2, 0.25) is 0 Å². The summed E-state index contributed by atoms with van der Waals surface area (Å²) in [4.78, 5) is 21.1. The number of rotatable bonds is 23. The Kier molecular flexibility index (Phi) is 20.9. The first-order valence-corrected chi connectivity index (χ1v) is 42.9. The molecule has 0 saturated carbocycles. The van der Waals surface area contributed by atoms with E-state index in [0.717, 1.165) is 33.9 Å². The molecule has 0 rings (SSSR count). The summed E-state index contributed by atoms with van der Waals surface area (Å²) < 4.78 is 14.6. The molecule has 0 aromatic rings. The molecule has 13 heteroatoms. The quantitative estimate of drug-likeness (QED) is 0.0624. The van der Waals surface area contributed by atoms with Gasteiger partial charge in [-0.1, -0.05) is 0 Å². The van der Waals surface area contributed by atoms with Crippen molar-refractivity contribution >= 4 is 82.4 Å². The van der Waals surface area contributed by atoms with Crippen molar-refractivity contribution in [2.75, 3.05) is 37.3 Å². The topological polar surface area (TPSA) is 58.9 Å². The van der Waals surface area contributed by atoms with Crippen molar-refractivity contribution in [2.45, 2.75) is 106 Å². The molecule has 0 aromatic carbocycles. The summed E-state index contributed by atoms with van der Waals surface area (Å²) in [5.41, 5.74) is 0. The van der Waals surface area contributed by atoms with Crippen molar-refractivity contribution in [1.82, 2.24) is 0 Å². The van der Waals surface area contributed by atoms with Crippen LogP contribution in [0.3, 0.4) is 0 Å². The second kappa shape index (κ2) is 19.3. The van der Waals surface area contributed by atoms with Crippen LogP contribution in [0.5, 0.6) is 0 Å². The van der Waals surface area contributed by atoms with Gasteiger partial charge in [0, 0.05) is 0 Å². The van der Waals surface area contributed by atoms with Crippen molar-refractivity contribution in [1.29, 1.82) is 0 Å². The molecular weight excluding hydrogens is 697 g/mol. The van der Waals surface area contributed by atoms with Crippen LogP contribution >= 0.6 is 34.1 Å². The van der Waals surface area contributed by atoms with Gasteiger partial charge in [0.15, 0.2) is 0 Å². The minimum absolute atomic E-state index is 0.959.